The third-order valence-corrected chi connectivity index (χ3v) is 2.91. The summed E-state index contributed by atoms with van der Waals surface area (Å²) >= 11 is 3.86. The van der Waals surface area contributed by atoms with Gasteiger partial charge in [-0.3, -0.25) is 0 Å². The Morgan fingerprint density at radius 2 is 2.27 bits per heavy atom. The number of rotatable bonds is 1. The molecule has 11 heavy (non-hydrogen) atoms. The predicted molar refractivity (Wildman–Crippen MR) is 55.7 cm³/mol. The first kappa shape index (κ1) is 8.88. The van der Waals surface area contributed by atoms with Gasteiger partial charge in [0.05, 0.1) is 5.56 Å². The fourth-order valence-electron chi connectivity index (χ4n) is 0.713. The van der Waals surface area contributed by atoms with Crippen LogP contribution in [-0.4, -0.2) is 6.26 Å². The topological polar surface area (TPSA) is 23.8 Å². The zero-order chi connectivity index (χ0) is 8.27. The molecule has 0 N–H and O–H groups in total. The van der Waals surface area contributed by atoms with E-state index in [0.29, 0.717) is 0 Å². The summed E-state index contributed by atoms with van der Waals surface area (Å²) in [5.41, 5.74) is 0.753. The van der Waals surface area contributed by atoms with Gasteiger partial charge < -0.3 is 0 Å². The van der Waals surface area contributed by atoms with Crippen molar-refractivity contribution in [2.45, 2.75) is 4.90 Å². The first-order valence-corrected chi connectivity index (χ1v) is 5.32. The Morgan fingerprint density at radius 3 is 2.73 bits per heavy atom. The highest BCUT2D eigenvalue weighted by Gasteiger charge is 1.98. The molecule has 0 saturated carbocycles. The minimum atomic E-state index is 0.753. The molecule has 1 nitrogen and oxygen atoms in total. The van der Waals surface area contributed by atoms with E-state index in [0.717, 1.165) is 9.13 Å². The molecule has 0 aromatic heterocycles. The van der Waals surface area contributed by atoms with Crippen molar-refractivity contribution in [3.63, 3.8) is 0 Å². The molecule has 0 saturated heterocycles. The number of hydrogen-bond donors (Lipinski definition) is 0. The van der Waals surface area contributed by atoms with E-state index in [4.69, 9.17) is 5.26 Å². The van der Waals surface area contributed by atoms with Crippen LogP contribution in [0.5, 0.6) is 0 Å². The summed E-state index contributed by atoms with van der Waals surface area (Å²) < 4.78 is 1.02. The molecule has 1 aromatic rings. The van der Waals surface area contributed by atoms with E-state index in [9.17, 15) is 0 Å². The van der Waals surface area contributed by atoms with Crippen molar-refractivity contribution in [3.8, 4) is 6.07 Å². The summed E-state index contributed by atoms with van der Waals surface area (Å²) in [4.78, 5) is 1.20. The van der Waals surface area contributed by atoms with Gasteiger partial charge in [0.15, 0.2) is 0 Å². The monoisotopic (exact) mass is 275 g/mol. The van der Waals surface area contributed by atoms with E-state index in [-0.39, 0.29) is 0 Å². The molecule has 0 heterocycles. The maximum Gasteiger partial charge on any atom is 0.100 e. The molecule has 0 aliphatic heterocycles. The second-order valence-electron chi connectivity index (χ2n) is 1.96. The zero-order valence-electron chi connectivity index (χ0n) is 5.97. The van der Waals surface area contributed by atoms with Crippen LogP contribution < -0.4 is 0 Å². The SMILES string of the molecule is CSc1ccc(C#N)c(I)c1. The lowest BCUT2D eigenvalue weighted by atomic mass is 10.2. The summed E-state index contributed by atoms with van der Waals surface area (Å²) in [7, 11) is 0. The third-order valence-electron chi connectivity index (χ3n) is 1.30. The second kappa shape index (κ2) is 3.98. The fourth-order valence-corrected chi connectivity index (χ4v) is 2.00. The van der Waals surface area contributed by atoms with Crippen LogP contribution >= 0.6 is 34.4 Å². The summed E-state index contributed by atoms with van der Waals surface area (Å²) in [6.45, 7) is 0. The number of benzene rings is 1. The maximum absolute atomic E-state index is 8.62. The Labute approximate surface area is 83.9 Å². The molecule has 56 valence electrons. The Bertz CT molecular complexity index is 303. The van der Waals surface area contributed by atoms with E-state index in [1.54, 1.807) is 11.8 Å². The zero-order valence-corrected chi connectivity index (χ0v) is 8.94. The molecule has 0 bridgehead atoms. The molecule has 0 aliphatic carbocycles. The van der Waals surface area contributed by atoms with Crippen LogP contribution in [0.2, 0.25) is 0 Å². The summed E-state index contributed by atoms with van der Waals surface area (Å²) in [5.74, 6) is 0. The van der Waals surface area contributed by atoms with Gasteiger partial charge in [0.1, 0.15) is 6.07 Å². The molecule has 0 unspecified atom stereocenters. The van der Waals surface area contributed by atoms with Crippen LogP contribution in [0, 0.1) is 14.9 Å². The lowest BCUT2D eigenvalue weighted by molar-refractivity contribution is 1.39. The Balaban J connectivity index is 3.12. The van der Waals surface area contributed by atoms with Crippen molar-refractivity contribution in [3.05, 3.63) is 27.3 Å². The molecular weight excluding hydrogens is 269 g/mol. The summed E-state index contributed by atoms with van der Waals surface area (Å²) in [5, 5.41) is 8.62. The standard InChI is InChI=1S/C8H6INS/c1-11-7-3-2-6(5-10)8(9)4-7/h2-4H,1H3. The van der Waals surface area contributed by atoms with Gasteiger partial charge in [-0.25, -0.2) is 0 Å². The van der Waals surface area contributed by atoms with Gasteiger partial charge in [-0.05, 0) is 47.0 Å². The summed E-state index contributed by atoms with van der Waals surface area (Å²) in [6.07, 6.45) is 2.03. The van der Waals surface area contributed by atoms with Gasteiger partial charge in [-0.15, -0.1) is 11.8 Å². The molecule has 0 aliphatic rings. The highest BCUT2D eigenvalue weighted by Crippen LogP contribution is 2.19. The highest BCUT2D eigenvalue weighted by molar-refractivity contribution is 14.1. The van der Waals surface area contributed by atoms with E-state index in [1.807, 2.05) is 24.5 Å². The second-order valence-corrected chi connectivity index (χ2v) is 4.00. The lowest BCUT2D eigenvalue weighted by Gasteiger charge is -1.97. The van der Waals surface area contributed by atoms with E-state index in [1.165, 1.54) is 4.90 Å². The average Bonchev–Trinajstić information content (AvgIpc) is 2.04. The predicted octanol–water partition coefficient (Wildman–Crippen LogP) is 2.88. The van der Waals surface area contributed by atoms with Crippen LogP contribution in [0.4, 0.5) is 0 Å². The lowest BCUT2D eigenvalue weighted by Crippen LogP contribution is -1.80. The minimum Gasteiger partial charge on any atom is -0.192 e. The van der Waals surface area contributed by atoms with Crippen LogP contribution in [0.3, 0.4) is 0 Å². The van der Waals surface area contributed by atoms with Gasteiger partial charge >= 0.3 is 0 Å². The third kappa shape index (κ3) is 2.11. The van der Waals surface area contributed by atoms with Gasteiger partial charge in [0.25, 0.3) is 0 Å². The normalized spacial score (nSPS) is 9.18. The van der Waals surface area contributed by atoms with Crippen molar-refractivity contribution in [2.75, 3.05) is 6.26 Å². The minimum absolute atomic E-state index is 0.753. The molecule has 0 fully saturated rings. The first-order valence-electron chi connectivity index (χ1n) is 3.01. The van der Waals surface area contributed by atoms with Crippen molar-refractivity contribution >= 4 is 34.4 Å². The molecule has 0 radical (unpaired) electrons. The van der Waals surface area contributed by atoms with Gasteiger partial charge in [-0.2, -0.15) is 5.26 Å². The summed E-state index contributed by atoms with van der Waals surface area (Å²) in [6, 6.07) is 7.97. The number of halogens is 1. The van der Waals surface area contributed by atoms with Gasteiger partial charge in [-0.1, -0.05) is 0 Å². The molecule has 0 amide bonds. The van der Waals surface area contributed by atoms with E-state index >= 15 is 0 Å². The average molecular weight is 275 g/mol. The number of nitriles is 1. The fraction of sp³-hybridized carbons (Fsp3) is 0.125. The molecule has 0 atom stereocenters. The quantitative estimate of drug-likeness (QED) is 0.581. The Hall–Kier alpha value is -0.210. The van der Waals surface area contributed by atoms with Gasteiger partial charge in [0, 0.05) is 8.47 Å². The first-order chi connectivity index (χ1) is 5.27. The van der Waals surface area contributed by atoms with E-state index < -0.39 is 0 Å². The van der Waals surface area contributed by atoms with E-state index in [2.05, 4.69) is 28.7 Å². The number of thioether (sulfide) groups is 1. The van der Waals surface area contributed by atoms with Crippen LogP contribution in [0.15, 0.2) is 23.1 Å². The Morgan fingerprint density at radius 1 is 1.55 bits per heavy atom. The molecular formula is C8H6INS. The number of nitrogens with zero attached hydrogens (tertiary/aromatic N) is 1. The molecule has 3 heteroatoms. The molecule has 0 spiro atoms. The number of hydrogen-bond acceptors (Lipinski definition) is 2. The van der Waals surface area contributed by atoms with Crippen LogP contribution in [0.1, 0.15) is 5.56 Å². The van der Waals surface area contributed by atoms with Crippen molar-refractivity contribution in [1.29, 1.82) is 5.26 Å². The van der Waals surface area contributed by atoms with Crippen molar-refractivity contribution < 1.29 is 0 Å². The van der Waals surface area contributed by atoms with Crippen molar-refractivity contribution in [1.82, 2.24) is 0 Å². The molecule has 1 rings (SSSR count). The van der Waals surface area contributed by atoms with Crippen LogP contribution in [0.25, 0.3) is 0 Å². The van der Waals surface area contributed by atoms with Crippen molar-refractivity contribution in [2.24, 2.45) is 0 Å². The Kier molecular flexibility index (Phi) is 3.21. The largest absolute Gasteiger partial charge is 0.192 e. The van der Waals surface area contributed by atoms with Gasteiger partial charge in [0.2, 0.25) is 0 Å². The smallest absolute Gasteiger partial charge is 0.100 e. The maximum atomic E-state index is 8.62. The van der Waals surface area contributed by atoms with Crippen LogP contribution in [-0.2, 0) is 0 Å². The molecule has 1 aromatic carbocycles. The highest BCUT2D eigenvalue weighted by atomic mass is 127.